The Morgan fingerprint density at radius 3 is 2.81 bits per heavy atom. The molecule has 0 saturated carbocycles. The molecule has 88 valence electrons. The molecular formula is C10H12ClNO4. The van der Waals surface area contributed by atoms with E-state index in [1.165, 1.54) is 6.07 Å². The number of phenolic OH excluding ortho intramolecular Hbond substituents is 1. The highest BCUT2D eigenvalue weighted by atomic mass is 35.5. The number of rotatable bonds is 2. The fourth-order valence-corrected chi connectivity index (χ4v) is 1.86. The van der Waals surface area contributed by atoms with E-state index < -0.39 is 6.10 Å². The van der Waals surface area contributed by atoms with E-state index in [2.05, 4.69) is 0 Å². The minimum atomic E-state index is -0.991. The zero-order valence-electron chi connectivity index (χ0n) is 8.44. The Morgan fingerprint density at radius 1 is 1.44 bits per heavy atom. The summed E-state index contributed by atoms with van der Waals surface area (Å²) in [5.74, 6) is 0.566. The molecule has 6 heteroatoms. The Balaban J connectivity index is 2.59. The van der Waals surface area contributed by atoms with Gasteiger partial charge in [0.25, 0.3) is 0 Å². The molecule has 0 saturated heterocycles. The largest absolute Gasteiger partial charge is 0.506 e. The van der Waals surface area contributed by atoms with Gasteiger partial charge in [0.05, 0.1) is 16.7 Å². The van der Waals surface area contributed by atoms with Crippen molar-refractivity contribution in [2.24, 2.45) is 5.73 Å². The minimum absolute atomic E-state index is 0.0149. The highest BCUT2D eigenvalue weighted by molar-refractivity contribution is 6.33. The van der Waals surface area contributed by atoms with Crippen molar-refractivity contribution in [3.8, 4) is 17.2 Å². The zero-order valence-corrected chi connectivity index (χ0v) is 9.20. The molecule has 5 nitrogen and oxygen atoms in total. The van der Waals surface area contributed by atoms with Crippen molar-refractivity contribution in [1.29, 1.82) is 0 Å². The summed E-state index contributed by atoms with van der Waals surface area (Å²) in [4.78, 5) is 0. The van der Waals surface area contributed by atoms with Gasteiger partial charge in [-0.15, -0.1) is 0 Å². The zero-order chi connectivity index (χ0) is 11.7. The Bertz CT molecular complexity index is 410. The van der Waals surface area contributed by atoms with Gasteiger partial charge in [-0.05, 0) is 0 Å². The average Bonchev–Trinajstić information content (AvgIpc) is 2.30. The molecule has 1 unspecified atom stereocenters. The number of nitrogens with two attached hydrogens (primary N) is 1. The molecule has 4 N–H and O–H groups in total. The van der Waals surface area contributed by atoms with Crippen LogP contribution in [-0.2, 0) is 0 Å². The van der Waals surface area contributed by atoms with Gasteiger partial charge >= 0.3 is 0 Å². The molecule has 1 heterocycles. The molecule has 0 fully saturated rings. The summed E-state index contributed by atoms with van der Waals surface area (Å²) in [5, 5.41) is 19.4. The monoisotopic (exact) mass is 245 g/mol. The molecule has 0 aromatic heterocycles. The second-order valence-electron chi connectivity index (χ2n) is 3.40. The van der Waals surface area contributed by atoms with Crippen molar-refractivity contribution in [2.75, 3.05) is 19.8 Å². The number of phenols is 1. The van der Waals surface area contributed by atoms with Gasteiger partial charge in [-0.1, -0.05) is 11.6 Å². The first-order valence-corrected chi connectivity index (χ1v) is 5.22. The average molecular weight is 246 g/mol. The van der Waals surface area contributed by atoms with Gasteiger partial charge < -0.3 is 25.4 Å². The number of fused-ring (bicyclic) bond motifs is 1. The van der Waals surface area contributed by atoms with Crippen LogP contribution in [0, 0.1) is 0 Å². The Labute approximate surface area is 97.3 Å². The van der Waals surface area contributed by atoms with E-state index in [1.807, 2.05) is 0 Å². The Hall–Kier alpha value is -1.17. The maximum Gasteiger partial charge on any atom is 0.168 e. The first kappa shape index (κ1) is 11.3. The third kappa shape index (κ3) is 1.77. The summed E-state index contributed by atoms with van der Waals surface area (Å²) >= 11 is 5.90. The van der Waals surface area contributed by atoms with E-state index in [1.54, 1.807) is 0 Å². The summed E-state index contributed by atoms with van der Waals surface area (Å²) in [5.41, 5.74) is 5.65. The summed E-state index contributed by atoms with van der Waals surface area (Å²) in [6, 6.07) is 1.36. The summed E-state index contributed by atoms with van der Waals surface area (Å²) in [7, 11) is 0. The van der Waals surface area contributed by atoms with Crippen LogP contribution in [0.25, 0.3) is 0 Å². The van der Waals surface area contributed by atoms with Crippen LogP contribution < -0.4 is 15.2 Å². The van der Waals surface area contributed by atoms with E-state index in [9.17, 15) is 10.2 Å². The van der Waals surface area contributed by atoms with Crippen molar-refractivity contribution in [3.63, 3.8) is 0 Å². The lowest BCUT2D eigenvalue weighted by molar-refractivity contribution is 0.148. The minimum Gasteiger partial charge on any atom is -0.506 e. The van der Waals surface area contributed by atoms with Crippen molar-refractivity contribution in [1.82, 2.24) is 0 Å². The topological polar surface area (TPSA) is 84.9 Å². The number of aromatic hydroxyl groups is 1. The first-order chi connectivity index (χ1) is 7.65. The molecule has 0 radical (unpaired) electrons. The van der Waals surface area contributed by atoms with E-state index in [0.29, 0.717) is 24.7 Å². The highest BCUT2D eigenvalue weighted by Gasteiger charge is 2.25. The predicted octanol–water partition coefficient (Wildman–Crippen LogP) is 0.809. The fraction of sp³-hybridized carbons (Fsp3) is 0.400. The van der Waals surface area contributed by atoms with Crippen LogP contribution in [-0.4, -0.2) is 30.0 Å². The van der Waals surface area contributed by atoms with Crippen LogP contribution >= 0.6 is 11.6 Å². The molecule has 16 heavy (non-hydrogen) atoms. The van der Waals surface area contributed by atoms with E-state index in [0.717, 1.165) is 0 Å². The summed E-state index contributed by atoms with van der Waals surface area (Å²) < 4.78 is 10.7. The van der Waals surface area contributed by atoms with Gasteiger partial charge in [-0.25, -0.2) is 0 Å². The van der Waals surface area contributed by atoms with Crippen LogP contribution in [0.15, 0.2) is 6.07 Å². The molecule has 0 spiro atoms. The first-order valence-electron chi connectivity index (χ1n) is 4.84. The van der Waals surface area contributed by atoms with E-state index in [-0.39, 0.29) is 22.9 Å². The van der Waals surface area contributed by atoms with Gasteiger partial charge in [0.2, 0.25) is 0 Å². The Morgan fingerprint density at radius 2 is 2.12 bits per heavy atom. The van der Waals surface area contributed by atoms with Crippen LogP contribution in [0.3, 0.4) is 0 Å². The second kappa shape index (κ2) is 4.37. The molecule has 0 aliphatic carbocycles. The van der Waals surface area contributed by atoms with Gasteiger partial charge in [-0.3, -0.25) is 0 Å². The van der Waals surface area contributed by atoms with E-state index >= 15 is 0 Å². The summed E-state index contributed by atoms with van der Waals surface area (Å²) in [6.07, 6.45) is -0.991. The molecule has 2 rings (SSSR count). The number of benzene rings is 1. The Kier molecular flexibility index (Phi) is 3.09. The molecule has 1 aromatic rings. The van der Waals surface area contributed by atoms with Crippen molar-refractivity contribution >= 4 is 11.6 Å². The molecule has 0 bridgehead atoms. The van der Waals surface area contributed by atoms with Crippen LogP contribution in [0.5, 0.6) is 17.2 Å². The van der Waals surface area contributed by atoms with Crippen LogP contribution in [0.4, 0.5) is 0 Å². The quantitative estimate of drug-likeness (QED) is 0.718. The molecule has 0 amide bonds. The van der Waals surface area contributed by atoms with Gasteiger partial charge in [-0.2, -0.15) is 0 Å². The van der Waals surface area contributed by atoms with Gasteiger partial charge in [0, 0.05) is 12.6 Å². The van der Waals surface area contributed by atoms with Gasteiger partial charge in [0.15, 0.2) is 11.5 Å². The predicted molar refractivity (Wildman–Crippen MR) is 58.1 cm³/mol. The maximum absolute atomic E-state index is 9.73. The lowest BCUT2D eigenvalue weighted by Crippen LogP contribution is -2.20. The molecule has 1 aliphatic rings. The van der Waals surface area contributed by atoms with Crippen LogP contribution in [0.2, 0.25) is 5.02 Å². The van der Waals surface area contributed by atoms with Crippen molar-refractivity contribution < 1.29 is 19.7 Å². The third-order valence-electron chi connectivity index (χ3n) is 2.34. The van der Waals surface area contributed by atoms with Crippen molar-refractivity contribution in [3.05, 3.63) is 16.7 Å². The number of aliphatic hydroxyl groups is 1. The lowest BCUT2D eigenvalue weighted by atomic mass is 10.1. The normalized spacial score (nSPS) is 15.9. The molecule has 1 atom stereocenters. The molecule has 1 aromatic carbocycles. The maximum atomic E-state index is 9.73. The number of halogens is 1. The van der Waals surface area contributed by atoms with Crippen LogP contribution in [0.1, 0.15) is 11.7 Å². The SMILES string of the molecule is NCC(O)c1c(Cl)c(O)cc2c1OCCO2. The number of hydrogen-bond acceptors (Lipinski definition) is 5. The fourth-order valence-electron chi connectivity index (χ4n) is 1.59. The molecular weight excluding hydrogens is 234 g/mol. The molecule has 1 aliphatic heterocycles. The smallest absolute Gasteiger partial charge is 0.168 e. The van der Waals surface area contributed by atoms with Gasteiger partial charge in [0.1, 0.15) is 19.0 Å². The van der Waals surface area contributed by atoms with Crippen molar-refractivity contribution in [2.45, 2.75) is 6.10 Å². The number of ether oxygens (including phenoxy) is 2. The standard InChI is InChI=1S/C10H12ClNO4/c11-9-5(13)3-7-10(16-2-1-15-7)8(9)6(14)4-12/h3,6,13-14H,1-2,4,12H2. The number of aliphatic hydroxyl groups excluding tert-OH is 1. The number of hydrogen-bond donors (Lipinski definition) is 3. The third-order valence-corrected chi connectivity index (χ3v) is 2.74. The highest BCUT2D eigenvalue weighted by Crippen LogP contribution is 2.45. The summed E-state index contributed by atoms with van der Waals surface area (Å²) in [6.45, 7) is 0.754. The lowest BCUT2D eigenvalue weighted by Gasteiger charge is -2.24. The van der Waals surface area contributed by atoms with E-state index in [4.69, 9.17) is 26.8 Å². The second-order valence-corrected chi connectivity index (χ2v) is 3.78.